The van der Waals surface area contributed by atoms with E-state index in [1.54, 1.807) is 6.92 Å². The minimum Gasteiger partial charge on any atom is -0.496 e. The van der Waals surface area contributed by atoms with Crippen molar-refractivity contribution in [2.45, 2.75) is 11.8 Å². The Balaban J connectivity index is 2.51. The number of carbonyl (C=O) groups is 1. The summed E-state index contributed by atoms with van der Waals surface area (Å²) in [6.45, 7) is 1.73. The fourth-order valence-corrected chi connectivity index (χ4v) is 3.57. The average molecular weight is 410 g/mol. The normalized spacial score (nSPS) is 10.8. The highest BCUT2D eigenvalue weighted by molar-refractivity contribution is 7.92. The van der Waals surface area contributed by atoms with Gasteiger partial charge >= 0.3 is 5.97 Å². The first-order valence-electron chi connectivity index (χ1n) is 7.94. The first kappa shape index (κ1) is 21.0. The number of nitrogens with one attached hydrogen (secondary N) is 1. The van der Waals surface area contributed by atoms with E-state index >= 15 is 0 Å². The third-order valence-electron chi connectivity index (χ3n) is 3.61. The van der Waals surface area contributed by atoms with Crippen molar-refractivity contribution >= 4 is 27.4 Å². The zero-order chi connectivity index (χ0) is 20.9. The van der Waals surface area contributed by atoms with Crippen LogP contribution in [0.5, 0.6) is 11.5 Å². The lowest BCUT2D eigenvalue weighted by Crippen LogP contribution is -2.16. The van der Waals surface area contributed by atoms with Crippen molar-refractivity contribution in [3.8, 4) is 11.5 Å². The van der Waals surface area contributed by atoms with Crippen LogP contribution in [0.25, 0.3) is 0 Å². The summed E-state index contributed by atoms with van der Waals surface area (Å²) >= 11 is 0. The summed E-state index contributed by atoms with van der Waals surface area (Å²) in [4.78, 5) is 22.1. The summed E-state index contributed by atoms with van der Waals surface area (Å²) in [5.41, 5.74) is -0.773. The number of nitro benzene ring substituents is 1. The highest BCUT2D eigenvalue weighted by Crippen LogP contribution is 2.33. The van der Waals surface area contributed by atoms with E-state index in [9.17, 15) is 23.3 Å². The van der Waals surface area contributed by atoms with Crippen molar-refractivity contribution in [3.63, 3.8) is 0 Å². The van der Waals surface area contributed by atoms with Gasteiger partial charge < -0.3 is 14.2 Å². The van der Waals surface area contributed by atoms with Gasteiger partial charge in [0, 0.05) is 0 Å². The van der Waals surface area contributed by atoms with Gasteiger partial charge in [0.05, 0.1) is 37.4 Å². The number of ether oxygens (including phenoxy) is 3. The van der Waals surface area contributed by atoms with Crippen LogP contribution in [0, 0.1) is 10.1 Å². The molecule has 11 heteroatoms. The molecule has 0 saturated heterocycles. The van der Waals surface area contributed by atoms with Gasteiger partial charge in [0.1, 0.15) is 22.1 Å². The van der Waals surface area contributed by atoms with Crippen LogP contribution in [0.2, 0.25) is 0 Å². The zero-order valence-corrected chi connectivity index (χ0v) is 16.1. The quantitative estimate of drug-likeness (QED) is 0.399. The fourth-order valence-electron chi connectivity index (χ4n) is 2.30. The minimum atomic E-state index is -4.33. The van der Waals surface area contributed by atoms with E-state index in [0.29, 0.717) is 0 Å². The van der Waals surface area contributed by atoms with Crippen molar-refractivity contribution in [1.82, 2.24) is 0 Å². The van der Waals surface area contributed by atoms with Crippen LogP contribution < -0.4 is 14.2 Å². The van der Waals surface area contributed by atoms with Crippen LogP contribution in [0.15, 0.2) is 41.3 Å². The van der Waals surface area contributed by atoms with Crippen LogP contribution in [0.1, 0.15) is 17.3 Å². The molecular weight excluding hydrogens is 392 g/mol. The molecule has 1 N–H and O–H groups in total. The number of benzene rings is 2. The van der Waals surface area contributed by atoms with E-state index in [-0.39, 0.29) is 34.3 Å². The Labute approximate surface area is 161 Å². The van der Waals surface area contributed by atoms with Gasteiger partial charge in [-0.2, -0.15) is 0 Å². The lowest BCUT2D eigenvalue weighted by molar-refractivity contribution is -0.384. The minimum absolute atomic E-state index is 0.00717. The molecule has 0 aliphatic rings. The number of nitrogens with zero attached hydrogens (tertiary/aromatic N) is 1. The summed E-state index contributed by atoms with van der Waals surface area (Å²) in [6, 6.07) is 7.39. The number of carbonyl (C=O) groups excluding carboxylic acids is 1. The van der Waals surface area contributed by atoms with Crippen molar-refractivity contribution in [3.05, 3.63) is 52.1 Å². The molecule has 0 aliphatic heterocycles. The second kappa shape index (κ2) is 8.57. The monoisotopic (exact) mass is 410 g/mol. The van der Waals surface area contributed by atoms with E-state index < -0.39 is 26.6 Å². The molecule has 0 saturated carbocycles. The Bertz CT molecular complexity index is 1000. The summed E-state index contributed by atoms with van der Waals surface area (Å²) < 4.78 is 42.7. The Morgan fingerprint density at radius 2 is 1.86 bits per heavy atom. The molecule has 2 aromatic rings. The molecular formula is C17H18N2O8S. The van der Waals surface area contributed by atoms with Gasteiger partial charge in [0.2, 0.25) is 0 Å². The van der Waals surface area contributed by atoms with E-state index in [1.807, 2.05) is 0 Å². The van der Waals surface area contributed by atoms with Crippen LogP contribution in [-0.4, -0.2) is 40.1 Å². The van der Waals surface area contributed by atoms with Crippen LogP contribution in [0.3, 0.4) is 0 Å². The van der Waals surface area contributed by atoms with E-state index in [0.717, 1.165) is 12.1 Å². The second-order valence-electron chi connectivity index (χ2n) is 5.33. The Morgan fingerprint density at radius 3 is 2.43 bits per heavy atom. The molecule has 0 fully saturated rings. The molecule has 150 valence electrons. The number of hydrogen-bond acceptors (Lipinski definition) is 8. The average Bonchev–Trinajstić information content (AvgIpc) is 2.67. The van der Waals surface area contributed by atoms with Crippen LogP contribution in [0.4, 0.5) is 11.4 Å². The third kappa shape index (κ3) is 4.49. The summed E-state index contributed by atoms with van der Waals surface area (Å²) in [7, 11) is -1.74. The number of methoxy groups -OCH3 is 2. The maximum Gasteiger partial charge on any atom is 0.338 e. The number of sulfonamides is 1. The maximum absolute atomic E-state index is 12.8. The van der Waals surface area contributed by atoms with Crippen molar-refractivity contribution in [2.75, 3.05) is 25.5 Å². The Morgan fingerprint density at radius 1 is 1.14 bits per heavy atom. The Hall–Kier alpha value is -3.34. The predicted octanol–water partition coefficient (Wildman–Crippen LogP) is 2.59. The number of hydrogen-bond donors (Lipinski definition) is 1. The van der Waals surface area contributed by atoms with Gasteiger partial charge in [-0.3, -0.25) is 14.8 Å². The van der Waals surface area contributed by atoms with E-state index in [4.69, 9.17) is 14.2 Å². The topological polar surface area (TPSA) is 134 Å². The molecule has 0 aromatic heterocycles. The molecule has 2 aromatic carbocycles. The highest BCUT2D eigenvalue weighted by atomic mass is 32.2. The smallest absolute Gasteiger partial charge is 0.338 e. The molecule has 0 heterocycles. The number of esters is 1. The van der Waals surface area contributed by atoms with Crippen LogP contribution >= 0.6 is 0 Å². The zero-order valence-electron chi connectivity index (χ0n) is 15.3. The molecule has 2 rings (SSSR count). The molecule has 10 nitrogen and oxygen atoms in total. The number of rotatable bonds is 8. The Kier molecular flexibility index (Phi) is 6.41. The van der Waals surface area contributed by atoms with Gasteiger partial charge in [-0.25, -0.2) is 13.2 Å². The second-order valence-corrected chi connectivity index (χ2v) is 6.98. The summed E-state index contributed by atoms with van der Waals surface area (Å²) in [6.07, 6.45) is 0. The number of anilines is 1. The largest absolute Gasteiger partial charge is 0.496 e. The van der Waals surface area contributed by atoms with Gasteiger partial charge in [-0.1, -0.05) is 0 Å². The SMILES string of the molecule is CCOC(=O)c1ccc(OC)c(S(=O)(=O)Nc2ccc(OC)cc2[N+](=O)[O-])c1. The lowest BCUT2D eigenvalue weighted by atomic mass is 10.2. The molecule has 0 aliphatic carbocycles. The maximum atomic E-state index is 12.8. The lowest BCUT2D eigenvalue weighted by Gasteiger charge is -2.13. The summed E-state index contributed by atoms with van der Waals surface area (Å²) in [5, 5.41) is 11.3. The molecule has 0 amide bonds. The molecule has 0 spiro atoms. The fraction of sp³-hybridized carbons (Fsp3) is 0.235. The van der Waals surface area contributed by atoms with E-state index in [1.165, 1.54) is 38.5 Å². The van der Waals surface area contributed by atoms with E-state index in [2.05, 4.69) is 4.72 Å². The highest BCUT2D eigenvalue weighted by Gasteiger charge is 2.26. The predicted molar refractivity (Wildman–Crippen MR) is 99.4 cm³/mol. The standard InChI is InChI=1S/C17H18N2O8S/c1-4-27-17(20)11-5-8-15(26-3)16(9-11)28(23,24)18-13-7-6-12(25-2)10-14(13)19(21)22/h5-10,18H,4H2,1-3H3. The van der Waals surface area contributed by atoms with Gasteiger partial charge in [0.15, 0.2) is 0 Å². The third-order valence-corrected chi connectivity index (χ3v) is 5.00. The molecule has 0 radical (unpaired) electrons. The summed E-state index contributed by atoms with van der Waals surface area (Å²) in [5.74, 6) is -0.565. The van der Waals surface area contributed by atoms with Gasteiger partial charge in [-0.15, -0.1) is 0 Å². The van der Waals surface area contributed by atoms with Gasteiger partial charge in [-0.05, 0) is 37.3 Å². The van der Waals surface area contributed by atoms with Crippen LogP contribution in [-0.2, 0) is 14.8 Å². The molecule has 0 unspecified atom stereocenters. The first-order chi connectivity index (χ1) is 13.2. The van der Waals surface area contributed by atoms with Crippen molar-refractivity contribution in [2.24, 2.45) is 0 Å². The van der Waals surface area contributed by atoms with Gasteiger partial charge in [0.25, 0.3) is 15.7 Å². The number of nitro groups is 1. The first-order valence-corrected chi connectivity index (χ1v) is 9.42. The van der Waals surface area contributed by atoms with Crippen molar-refractivity contribution < 1.29 is 32.3 Å². The molecule has 0 atom stereocenters. The molecule has 28 heavy (non-hydrogen) atoms. The van der Waals surface area contributed by atoms with Crippen molar-refractivity contribution in [1.29, 1.82) is 0 Å². The molecule has 0 bridgehead atoms.